The van der Waals surface area contributed by atoms with Crippen LogP contribution in [0.15, 0.2) is 95.5 Å². The van der Waals surface area contributed by atoms with Gasteiger partial charge in [-0.2, -0.15) is 0 Å². The summed E-state index contributed by atoms with van der Waals surface area (Å²) in [6.07, 6.45) is 2.81. The van der Waals surface area contributed by atoms with Crippen molar-refractivity contribution in [2.45, 2.75) is 72.4 Å². The van der Waals surface area contributed by atoms with Crippen LogP contribution in [-0.4, -0.2) is 40.0 Å². The number of nitrogens with zero attached hydrogens (tertiary/aromatic N) is 3. The molecule has 8 rings (SSSR count). The smallest absolute Gasteiger partial charge is 0.237 e. The molecule has 11 heteroatoms. The number of oxazole rings is 1. The lowest BCUT2D eigenvalue weighted by atomic mass is 9.92. The third kappa shape index (κ3) is 8.66. The van der Waals surface area contributed by atoms with Crippen LogP contribution in [0.2, 0.25) is 10.0 Å². The van der Waals surface area contributed by atoms with Crippen molar-refractivity contribution in [3.8, 4) is 28.4 Å². The topological polar surface area (TPSA) is 99.0 Å². The minimum absolute atomic E-state index is 0.0163. The number of hydrogen-bond donors (Lipinski definition) is 1. The number of fused-ring (bicyclic) bond motifs is 2. The Morgan fingerprint density at radius 3 is 2.42 bits per heavy atom. The molecule has 2 aliphatic rings. The maximum Gasteiger partial charge on any atom is 0.237 e. The fourth-order valence-electron chi connectivity index (χ4n) is 7.53. The van der Waals surface area contributed by atoms with E-state index in [4.69, 9.17) is 41.8 Å². The minimum Gasteiger partial charge on any atom is -0.489 e. The molecule has 0 spiro atoms. The molecular weight excluding hydrogens is 759 g/mol. The molecule has 1 N–H and O–H groups in total. The van der Waals surface area contributed by atoms with Gasteiger partial charge in [-0.15, -0.1) is 0 Å². The van der Waals surface area contributed by atoms with Gasteiger partial charge in [0.2, 0.25) is 5.91 Å². The maximum absolute atomic E-state index is 14.0. The van der Waals surface area contributed by atoms with E-state index in [0.29, 0.717) is 66.7 Å². The summed E-state index contributed by atoms with van der Waals surface area (Å²) >= 11 is 12.2. The van der Waals surface area contributed by atoms with Crippen LogP contribution in [0, 0.1) is 27.7 Å². The van der Waals surface area contributed by atoms with Gasteiger partial charge in [0.1, 0.15) is 24.7 Å². The highest BCUT2D eigenvalue weighted by molar-refractivity contribution is 6.42. The van der Waals surface area contributed by atoms with Gasteiger partial charge < -0.3 is 23.9 Å². The molecular formula is C46H44Cl2N4O5. The van der Waals surface area contributed by atoms with Gasteiger partial charge in [0.15, 0.2) is 23.5 Å². The average Bonchev–Trinajstić information content (AvgIpc) is 3.53. The molecule has 2 aromatic heterocycles. The Hall–Kier alpha value is -5.35. The standard InChI is InChI=1S/C46H44Cl2N4O5/c1-27-28(2)49-18-16-38(27)33-8-5-31(6-9-33)15-17-50-46(53)42-20-35-21-43-44(22-36(35)23-52(42)24-41-29(3)56-30(4)51-41)57-45(26-55-43)34-10-12-37(13-11-34)54-25-32-7-14-39(47)40(48)19-32/h5-14,16,18-19,21-22,42,45H,15,17,20,23-26H2,1-4H3,(H,50,53). The second-order valence-electron chi connectivity index (χ2n) is 14.8. The highest BCUT2D eigenvalue weighted by atomic mass is 35.5. The fraction of sp³-hybridized carbons (Fsp3) is 0.283. The zero-order chi connectivity index (χ0) is 39.6. The van der Waals surface area contributed by atoms with Crippen LogP contribution in [0.4, 0.5) is 0 Å². The van der Waals surface area contributed by atoms with Gasteiger partial charge in [-0.25, -0.2) is 4.98 Å². The molecule has 6 aromatic rings. The number of amides is 1. The van der Waals surface area contributed by atoms with Crippen molar-refractivity contribution >= 4 is 29.1 Å². The lowest BCUT2D eigenvalue weighted by Crippen LogP contribution is -2.50. The van der Waals surface area contributed by atoms with Crippen LogP contribution >= 0.6 is 23.2 Å². The molecule has 4 aromatic carbocycles. The quantitative estimate of drug-likeness (QED) is 0.138. The highest BCUT2D eigenvalue weighted by Gasteiger charge is 2.35. The third-order valence-corrected chi connectivity index (χ3v) is 11.6. The number of hydrogen-bond acceptors (Lipinski definition) is 8. The zero-order valence-electron chi connectivity index (χ0n) is 32.4. The molecule has 1 amide bonds. The lowest BCUT2D eigenvalue weighted by molar-refractivity contribution is -0.127. The molecule has 0 bridgehead atoms. The van der Waals surface area contributed by atoms with Gasteiger partial charge >= 0.3 is 0 Å². The van der Waals surface area contributed by atoms with Crippen molar-refractivity contribution in [3.63, 3.8) is 0 Å². The summed E-state index contributed by atoms with van der Waals surface area (Å²) in [5.41, 5.74) is 10.6. The van der Waals surface area contributed by atoms with Crippen LogP contribution in [0.1, 0.15) is 62.5 Å². The van der Waals surface area contributed by atoms with Gasteiger partial charge in [0, 0.05) is 38.4 Å². The summed E-state index contributed by atoms with van der Waals surface area (Å²) in [6, 6.07) is 27.6. The van der Waals surface area contributed by atoms with Crippen LogP contribution in [0.5, 0.6) is 17.2 Å². The number of pyridine rings is 1. The number of halogens is 2. The first kappa shape index (κ1) is 38.5. The van der Waals surface area contributed by atoms with E-state index >= 15 is 0 Å². The second-order valence-corrected chi connectivity index (χ2v) is 15.6. The van der Waals surface area contributed by atoms with Gasteiger partial charge in [-0.1, -0.05) is 65.7 Å². The number of nitrogens with one attached hydrogen (secondary N) is 1. The van der Waals surface area contributed by atoms with Gasteiger partial charge in [0.05, 0.1) is 21.8 Å². The minimum atomic E-state index is -0.401. The average molecular weight is 804 g/mol. The number of aromatic nitrogens is 2. The Balaban J connectivity index is 0.933. The molecule has 9 nitrogen and oxygen atoms in total. The molecule has 0 radical (unpaired) electrons. The van der Waals surface area contributed by atoms with Crippen molar-refractivity contribution < 1.29 is 23.4 Å². The summed E-state index contributed by atoms with van der Waals surface area (Å²) in [5, 5.41) is 4.25. The van der Waals surface area contributed by atoms with E-state index in [1.807, 2.05) is 63.4 Å². The molecule has 4 heterocycles. The first-order chi connectivity index (χ1) is 27.6. The molecule has 2 aliphatic heterocycles. The number of rotatable bonds is 11. The first-order valence-electron chi connectivity index (χ1n) is 19.2. The van der Waals surface area contributed by atoms with Crippen molar-refractivity contribution in [2.24, 2.45) is 0 Å². The van der Waals surface area contributed by atoms with E-state index in [2.05, 4.69) is 63.5 Å². The summed E-state index contributed by atoms with van der Waals surface area (Å²) in [7, 11) is 0. The predicted octanol–water partition coefficient (Wildman–Crippen LogP) is 9.65. The Morgan fingerprint density at radius 2 is 1.67 bits per heavy atom. The maximum atomic E-state index is 14.0. The van der Waals surface area contributed by atoms with Crippen LogP contribution in [-0.2, 0) is 37.3 Å². The molecule has 2 unspecified atom stereocenters. The summed E-state index contributed by atoms with van der Waals surface area (Å²) < 4.78 is 24.6. The van der Waals surface area contributed by atoms with E-state index < -0.39 is 6.04 Å². The number of benzene rings is 4. The number of aryl methyl sites for hydroxylation is 3. The Labute approximate surface area is 342 Å². The van der Waals surface area contributed by atoms with E-state index in [0.717, 1.165) is 62.7 Å². The molecule has 0 saturated carbocycles. The monoisotopic (exact) mass is 802 g/mol. The fourth-order valence-corrected chi connectivity index (χ4v) is 7.85. The largest absolute Gasteiger partial charge is 0.489 e. The summed E-state index contributed by atoms with van der Waals surface area (Å²) in [5.74, 6) is 3.45. The van der Waals surface area contributed by atoms with Crippen LogP contribution in [0.25, 0.3) is 11.1 Å². The van der Waals surface area contributed by atoms with Gasteiger partial charge in [-0.3, -0.25) is 14.7 Å². The highest BCUT2D eigenvalue weighted by Crippen LogP contribution is 2.41. The van der Waals surface area contributed by atoms with E-state index in [9.17, 15) is 4.79 Å². The Kier molecular flexibility index (Phi) is 11.2. The van der Waals surface area contributed by atoms with Crippen molar-refractivity contribution in [2.75, 3.05) is 13.2 Å². The van der Waals surface area contributed by atoms with Gasteiger partial charge in [0.25, 0.3) is 0 Å². The van der Waals surface area contributed by atoms with Crippen molar-refractivity contribution in [3.05, 3.63) is 158 Å². The van der Waals surface area contributed by atoms with Crippen LogP contribution < -0.4 is 19.5 Å². The molecule has 57 heavy (non-hydrogen) atoms. The Bertz CT molecular complexity index is 2410. The predicted molar refractivity (Wildman–Crippen MR) is 221 cm³/mol. The number of carbonyl (C=O) groups excluding carboxylic acids is 1. The van der Waals surface area contributed by atoms with Crippen molar-refractivity contribution in [1.82, 2.24) is 20.2 Å². The molecule has 0 aliphatic carbocycles. The normalized spacial score (nSPS) is 16.2. The van der Waals surface area contributed by atoms with E-state index in [1.165, 1.54) is 11.1 Å². The molecule has 2 atom stereocenters. The van der Waals surface area contributed by atoms with Crippen molar-refractivity contribution in [1.29, 1.82) is 0 Å². The summed E-state index contributed by atoms with van der Waals surface area (Å²) in [4.78, 5) is 25.2. The Morgan fingerprint density at radius 1 is 0.895 bits per heavy atom. The lowest BCUT2D eigenvalue weighted by Gasteiger charge is -2.37. The SMILES string of the molecule is Cc1nc(CN2Cc3cc4c(cc3CC2C(=O)NCCc2ccc(-c3ccnc(C)c3C)cc2)OCC(c2ccc(OCc3ccc(Cl)c(Cl)c3)cc2)O4)c(C)o1. The number of carbonyl (C=O) groups is 1. The zero-order valence-corrected chi connectivity index (χ0v) is 33.9. The van der Waals surface area contributed by atoms with E-state index in [-0.39, 0.29) is 12.0 Å². The van der Waals surface area contributed by atoms with Gasteiger partial charge in [-0.05, 0) is 121 Å². The second kappa shape index (κ2) is 16.6. The third-order valence-electron chi connectivity index (χ3n) is 10.9. The summed E-state index contributed by atoms with van der Waals surface area (Å²) in [6.45, 7) is 10.2. The number of ether oxygens (including phenoxy) is 3. The van der Waals surface area contributed by atoms with E-state index in [1.54, 1.807) is 12.1 Å². The molecule has 292 valence electrons. The molecule has 0 fully saturated rings. The van der Waals surface area contributed by atoms with Crippen LogP contribution in [0.3, 0.4) is 0 Å². The molecule has 0 saturated heterocycles. The first-order valence-corrected chi connectivity index (χ1v) is 19.9.